The molecule has 21 heavy (non-hydrogen) atoms. The topological polar surface area (TPSA) is 61.8 Å². The van der Waals surface area contributed by atoms with Crippen molar-refractivity contribution in [2.45, 2.75) is 13.5 Å². The highest BCUT2D eigenvalue weighted by atomic mass is 17.2. The third kappa shape index (κ3) is 2.58. The number of cyclic esters (lactones) is 1. The normalized spacial score (nSPS) is 12.5. The van der Waals surface area contributed by atoms with Gasteiger partial charge in [0, 0.05) is 18.1 Å². The summed E-state index contributed by atoms with van der Waals surface area (Å²) in [6, 6.07) is 12.6. The van der Waals surface area contributed by atoms with Crippen LogP contribution >= 0.6 is 0 Å². The van der Waals surface area contributed by atoms with Gasteiger partial charge >= 0.3 is 11.9 Å². The van der Waals surface area contributed by atoms with Crippen LogP contribution in [0.15, 0.2) is 42.5 Å². The Labute approximate surface area is 121 Å². The molecule has 0 atom stereocenters. The van der Waals surface area contributed by atoms with Crippen molar-refractivity contribution in [1.82, 2.24) is 0 Å². The van der Waals surface area contributed by atoms with Gasteiger partial charge in [-0.2, -0.15) is 0 Å². The quantitative estimate of drug-likeness (QED) is 0.492. The van der Waals surface area contributed by atoms with E-state index < -0.39 is 5.97 Å². The van der Waals surface area contributed by atoms with Crippen LogP contribution in [-0.2, 0) is 21.0 Å². The average Bonchev–Trinajstić information content (AvgIpc) is 2.86. The van der Waals surface area contributed by atoms with Crippen LogP contribution in [0.5, 0.6) is 5.75 Å². The van der Waals surface area contributed by atoms with Crippen LogP contribution in [0, 0.1) is 0 Å². The summed E-state index contributed by atoms with van der Waals surface area (Å²) in [4.78, 5) is 31.9. The lowest BCUT2D eigenvalue weighted by atomic mass is 10.00. The molecular weight excluding hydrogens is 272 g/mol. The molecule has 1 aliphatic heterocycles. The summed E-state index contributed by atoms with van der Waals surface area (Å²) in [7, 11) is 0. The van der Waals surface area contributed by atoms with Crippen molar-refractivity contribution in [3.05, 3.63) is 53.6 Å². The van der Waals surface area contributed by atoms with E-state index in [-0.39, 0.29) is 12.6 Å². The first-order chi connectivity index (χ1) is 10.1. The van der Waals surface area contributed by atoms with Crippen molar-refractivity contribution >= 4 is 11.9 Å². The lowest BCUT2D eigenvalue weighted by Crippen LogP contribution is -2.03. The molecule has 106 valence electrons. The average molecular weight is 284 g/mol. The van der Waals surface area contributed by atoms with Gasteiger partial charge in [0.25, 0.3) is 0 Å². The number of para-hydroxylation sites is 1. The number of esters is 1. The van der Waals surface area contributed by atoms with E-state index in [1.165, 1.54) is 6.92 Å². The van der Waals surface area contributed by atoms with Crippen molar-refractivity contribution < 1.29 is 24.1 Å². The SMILES string of the molecule is CC(=O)OOc1ccccc1-c1ccc2c(c1)COC2=O. The zero-order valence-corrected chi connectivity index (χ0v) is 11.3. The summed E-state index contributed by atoms with van der Waals surface area (Å²) >= 11 is 0. The fourth-order valence-corrected chi connectivity index (χ4v) is 2.18. The number of carbonyl (C=O) groups excluding carboxylic acids is 2. The lowest BCUT2D eigenvalue weighted by molar-refractivity contribution is -0.210. The van der Waals surface area contributed by atoms with Crippen LogP contribution in [0.4, 0.5) is 0 Å². The molecule has 2 aromatic rings. The summed E-state index contributed by atoms with van der Waals surface area (Å²) in [6.45, 7) is 1.54. The number of carbonyl (C=O) groups is 2. The Bertz CT molecular complexity index is 720. The van der Waals surface area contributed by atoms with Gasteiger partial charge in [0.1, 0.15) is 6.61 Å². The van der Waals surface area contributed by atoms with Crippen molar-refractivity contribution in [1.29, 1.82) is 0 Å². The Kier molecular flexibility index (Phi) is 3.31. The largest absolute Gasteiger partial charge is 0.457 e. The Morgan fingerprint density at radius 3 is 2.76 bits per heavy atom. The van der Waals surface area contributed by atoms with E-state index in [2.05, 4.69) is 4.89 Å². The lowest BCUT2D eigenvalue weighted by Gasteiger charge is -2.09. The number of fused-ring (bicyclic) bond motifs is 1. The summed E-state index contributed by atoms with van der Waals surface area (Å²) < 4.78 is 4.98. The highest BCUT2D eigenvalue weighted by molar-refractivity contribution is 5.94. The fraction of sp³-hybridized carbons (Fsp3) is 0.125. The van der Waals surface area contributed by atoms with Crippen LogP contribution < -0.4 is 4.89 Å². The molecule has 0 N–H and O–H groups in total. The Balaban J connectivity index is 1.97. The number of hydrogen-bond acceptors (Lipinski definition) is 5. The number of rotatable bonds is 3. The molecule has 0 unspecified atom stereocenters. The smallest absolute Gasteiger partial charge is 0.352 e. The fourth-order valence-electron chi connectivity index (χ4n) is 2.18. The molecule has 0 fully saturated rings. The van der Waals surface area contributed by atoms with Gasteiger partial charge in [-0.15, -0.1) is 0 Å². The first kappa shape index (κ1) is 13.2. The van der Waals surface area contributed by atoms with Crippen LogP contribution in [0.25, 0.3) is 11.1 Å². The molecule has 0 bridgehead atoms. The molecule has 1 aliphatic rings. The summed E-state index contributed by atoms with van der Waals surface area (Å²) in [5, 5.41) is 0. The molecule has 2 aromatic carbocycles. The third-order valence-corrected chi connectivity index (χ3v) is 3.13. The Morgan fingerprint density at radius 1 is 1.14 bits per heavy atom. The van der Waals surface area contributed by atoms with E-state index in [1.807, 2.05) is 18.2 Å². The number of hydrogen-bond donors (Lipinski definition) is 0. The predicted octanol–water partition coefficient (Wildman–Crippen LogP) is 2.88. The molecule has 5 nitrogen and oxygen atoms in total. The molecule has 1 heterocycles. The minimum absolute atomic E-state index is 0.273. The highest BCUT2D eigenvalue weighted by Crippen LogP contribution is 2.33. The van der Waals surface area contributed by atoms with Gasteiger partial charge < -0.3 is 4.74 Å². The van der Waals surface area contributed by atoms with Gasteiger partial charge in [-0.25, -0.2) is 9.59 Å². The maximum Gasteiger partial charge on any atom is 0.352 e. The van der Waals surface area contributed by atoms with Gasteiger partial charge in [0.05, 0.1) is 5.56 Å². The maximum absolute atomic E-state index is 11.5. The van der Waals surface area contributed by atoms with Gasteiger partial charge in [0.15, 0.2) is 5.75 Å². The van der Waals surface area contributed by atoms with Gasteiger partial charge in [0.2, 0.25) is 0 Å². The monoisotopic (exact) mass is 284 g/mol. The van der Waals surface area contributed by atoms with Crippen LogP contribution in [-0.4, -0.2) is 11.9 Å². The van der Waals surface area contributed by atoms with Crippen LogP contribution in [0.3, 0.4) is 0 Å². The molecule has 0 amide bonds. The maximum atomic E-state index is 11.5. The minimum Gasteiger partial charge on any atom is -0.457 e. The van der Waals surface area contributed by atoms with Crippen molar-refractivity contribution in [2.24, 2.45) is 0 Å². The first-order valence-corrected chi connectivity index (χ1v) is 6.39. The molecule has 0 spiro atoms. The molecule has 0 aliphatic carbocycles. The van der Waals surface area contributed by atoms with E-state index in [1.54, 1.807) is 24.3 Å². The minimum atomic E-state index is -0.530. The highest BCUT2D eigenvalue weighted by Gasteiger charge is 2.21. The van der Waals surface area contributed by atoms with Crippen molar-refractivity contribution in [2.75, 3.05) is 0 Å². The Hall–Kier alpha value is -2.82. The molecule has 0 saturated carbocycles. The van der Waals surface area contributed by atoms with E-state index >= 15 is 0 Å². The van der Waals surface area contributed by atoms with E-state index in [9.17, 15) is 9.59 Å². The number of benzene rings is 2. The van der Waals surface area contributed by atoms with Gasteiger partial charge in [-0.1, -0.05) is 24.3 Å². The second-order valence-electron chi connectivity index (χ2n) is 4.60. The summed E-state index contributed by atoms with van der Waals surface area (Å²) in [5.74, 6) is -0.406. The van der Waals surface area contributed by atoms with Crippen molar-refractivity contribution in [3.63, 3.8) is 0 Å². The van der Waals surface area contributed by atoms with Gasteiger partial charge in [-0.3, -0.25) is 9.78 Å². The molecule has 5 heteroatoms. The molecule has 3 rings (SSSR count). The predicted molar refractivity (Wildman–Crippen MR) is 73.4 cm³/mol. The van der Waals surface area contributed by atoms with Crippen LogP contribution in [0.1, 0.15) is 22.8 Å². The standard InChI is InChI=1S/C16H12O5/c1-10(17)20-21-15-5-3-2-4-13(15)11-6-7-14-12(8-11)9-19-16(14)18/h2-8H,9H2,1H3. The zero-order valence-electron chi connectivity index (χ0n) is 11.3. The summed E-state index contributed by atoms with van der Waals surface area (Å²) in [6.07, 6.45) is 0. The summed E-state index contributed by atoms with van der Waals surface area (Å²) in [5.41, 5.74) is 3.03. The second-order valence-corrected chi connectivity index (χ2v) is 4.60. The molecule has 0 aromatic heterocycles. The van der Waals surface area contributed by atoms with E-state index in [0.29, 0.717) is 11.3 Å². The zero-order chi connectivity index (χ0) is 14.8. The van der Waals surface area contributed by atoms with E-state index in [4.69, 9.17) is 9.62 Å². The Morgan fingerprint density at radius 2 is 1.95 bits per heavy atom. The molecule has 0 radical (unpaired) electrons. The van der Waals surface area contributed by atoms with Gasteiger partial charge in [-0.05, 0) is 23.8 Å². The first-order valence-electron chi connectivity index (χ1n) is 6.39. The van der Waals surface area contributed by atoms with Crippen LogP contribution in [0.2, 0.25) is 0 Å². The van der Waals surface area contributed by atoms with Crippen molar-refractivity contribution in [3.8, 4) is 16.9 Å². The second kappa shape index (κ2) is 5.28. The molecule has 0 saturated heterocycles. The third-order valence-electron chi connectivity index (χ3n) is 3.13. The molecular formula is C16H12O5. The van der Waals surface area contributed by atoms with E-state index in [0.717, 1.165) is 16.7 Å². The number of ether oxygens (including phenoxy) is 1.